The van der Waals surface area contributed by atoms with E-state index in [0.29, 0.717) is 17.2 Å². The SMILES string of the molecule is COC(=O)[C@H]1COC(c2cc(Br)ccc2OC)=N1. The molecule has 0 aromatic heterocycles. The molecular weight excluding hydrogens is 302 g/mol. The van der Waals surface area contributed by atoms with Crippen molar-refractivity contribution in [3.8, 4) is 5.75 Å². The first-order chi connectivity index (χ1) is 8.65. The molecule has 0 bridgehead atoms. The van der Waals surface area contributed by atoms with Crippen LogP contribution in [0.1, 0.15) is 5.56 Å². The van der Waals surface area contributed by atoms with Crippen molar-refractivity contribution in [1.82, 2.24) is 0 Å². The average Bonchev–Trinajstić information content (AvgIpc) is 2.87. The molecule has 0 fully saturated rings. The lowest BCUT2D eigenvalue weighted by Crippen LogP contribution is -2.21. The van der Waals surface area contributed by atoms with E-state index in [1.54, 1.807) is 13.2 Å². The van der Waals surface area contributed by atoms with Gasteiger partial charge in [0, 0.05) is 4.47 Å². The third kappa shape index (κ3) is 2.48. The van der Waals surface area contributed by atoms with Gasteiger partial charge in [-0.2, -0.15) is 0 Å². The summed E-state index contributed by atoms with van der Waals surface area (Å²) in [6, 6.07) is 4.89. The number of carbonyl (C=O) groups is 1. The van der Waals surface area contributed by atoms with E-state index in [2.05, 4.69) is 25.7 Å². The van der Waals surface area contributed by atoms with Gasteiger partial charge in [0.1, 0.15) is 12.4 Å². The first-order valence-electron chi connectivity index (χ1n) is 5.28. The Hall–Kier alpha value is -1.56. The van der Waals surface area contributed by atoms with E-state index in [4.69, 9.17) is 9.47 Å². The van der Waals surface area contributed by atoms with Gasteiger partial charge in [-0.3, -0.25) is 0 Å². The van der Waals surface area contributed by atoms with Crippen LogP contribution in [0.3, 0.4) is 0 Å². The zero-order chi connectivity index (χ0) is 13.1. The van der Waals surface area contributed by atoms with Gasteiger partial charge in [0.05, 0.1) is 19.8 Å². The van der Waals surface area contributed by atoms with Crippen molar-refractivity contribution in [2.24, 2.45) is 4.99 Å². The molecule has 0 amide bonds. The minimum absolute atomic E-state index is 0.192. The summed E-state index contributed by atoms with van der Waals surface area (Å²) in [5.41, 5.74) is 0.707. The Morgan fingerprint density at radius 1 is 1.50 bits per heavy atom. The number of ether oxygens (including phenoxy) is 3. The van der Waals surface area contributed by atoms with Crippen molar-refractivity contribution >= 4 is 27.8 Å². The van der Waals surface area contributed by atoms with Crippen LogP contribution in [0.4, 0.5) is 0 Å². The highest BCUT2D eigenvalue weighted by Crippen LogP contribution is 2.26. The summed E-state index contributed by atoms with van der Waals surface area (Å²) >= 11 is 3.37. The molecule has 0 N–H and O–H groups in total. The number of rotatable bonds is 3. The van der Waals surface area contributed by atoms with Gasteiger partial charge in [-0.1, -0.05) is 15.9 Å². The van der Waals surface area contributed by atoms with Crippen LogP contribution in [-0.2, 0) is 14.3 Å². The van der Waals surface area contributed by atoms with E-state index in [0.717, 1.165) is 4.47 Å². The summed E-state index contributed by atoms with van der Waals surface area (Å²) in [6.07, 6.45) is 0. The molecule has 1 heterocycles. The van der Waals surface area contributed by atoms with Crippen LogP contribution in [0.25, 0.3) is 0 Å². The number of esters is 1. The molecule has 0 radical (unpaired) electrons. The second-order valence-corrected chi connectivity index (χ2v) is 4.54. The number of carbonyl (C=O) groups excluding carboxylic acids is 1. The Morgan fingerprint density at radius 3 is 2.94 bits per heavy atom. The van der Waals surface area contributed by atoms with E-state index in [-0.39, 0.29) is 6.61 Å². The van der Waals surface area contributed by atoms with Crippen LogP contribution in [0.2, 0.25) is 0 Å². The summed E-state index contributed by atoms with van der Waals surface area (Å²) in [7, 11) is 2.90. The molecule has 2 rings (SSSR count). The van der Waals surface area contributed by atoms with Gasteiger partial charge >= 0.3 is 5.97 Å². The first-order valence-corrected chi connectivity index (χ1v) is 6.07. The number of halogens is 1. The lowest BCUT2D eigenvalue weighted by Gasteiger charge is -2.08. The van der Waals surface area contributed by atoms with Gasteiger partial charge in [-0.15, -0.1) is 0 Å². The van der Waals surface area contributed by atoms with Gasteiger partial charge in [0.25, 0.3) is 0 Å². The summed E-state index contributed by atoms with van der Waals surface area (Å²) in [5.74, 6) is 0.630. The summed E-state index contributed by atoms with van der Waals surface area (Å²) in [5, 5.41) is 0. The zero-order valence-electron chi connectivity index (χ0n) is 9.97. The molecule has 0 unspecified atom stereocenters. The Morgan fingerprint density at radius 2 is 2.28 bits per heavy atom. The number of nitrogens with zero attached hydrogens (tertiary/aromatic N) is 1. The van der Waals surface area contributed by atoms with Gasteiger partial charge < -0.3 is 14.2 Å². The van der Waals surface area contributed by atoms with Crippen molar-refractivity contribution in [2.75, 3.05) is 20.8 Å². The third-order valence-electron chi connectivity index (χ3n) is 2.52. The van der Waals surface area contributed by atoms with Gasteiger partial charge in [-0.05, 0) is 18.2 Å². The second kappa shape index (κ2) is 5.39. The second-order valence-electron chi connectivity index (χ2n) is 3.63. The molecule has 18 heavy (non-hydrogen) atoms. The fraction of sp³-hybridized carbons (Fsp3) is 0.333. The number of benzene rings is 1. The summed E-state index contributed by atoms with van der Waals surface area (Å²) in [6.45, 7) is 0.192. The Bertz CT molecular complexity index is 501. The van der Waals surface area contributed by atoms with E-state index in [1.165, 1.54) is 7.11 Å². The van der Waals surface area contributed by atoms with Crippen LogP contribution in [-0.4, -0.2) is 38.7 Å². The maximum Gasteiger partial charge on any atom is 0.334 e. The topological polar surface area (TPSA) is 57.1 Å². The Balaban J connectivity index is 2.32. The van der Waals surface area contributed by atoms with Gasteiger partial charge in [-0.25, -0.2) is 9.79 Å². The summed E-state index contributed by atoms with van der Waals surface area (Å²) in [4.78, 5) is 15.6. The van der Waals surface area contributed by atoms with Crippen LogP contribution in [0.15, 0.2) is 27.7 Å². The monoisotopic (exact) mass is 313 g/mol. The largest absolute Gasteiger partial charge is 0.496 e. The molecule has 0 saturated heterocycles. The Kier molecular flexibility index (Phi) is 3.86. The highest BCUT2D eigenvalue weighted by molar-refractivity contribution is 9.10. The van der Waals surface area contributed by atoms with E-state index >= 15 is 0 Å². The minimum atomic E-state index is -0.603. The van der Waals surface area contributed by atoms with Crippen molar-refractivity contribution in [1.29, 1.82) is 0 Å². The predicted molar refractivity (Wildman–Crippen MR) is 69.0 cm³/mol. The van der Waals surface area contributed by atoms with Gasteiger partial charge in [0.15, 0.2) is 6.04 Å². The van der Waals surface area contributed by atoms with Crippen LogP contribution in [0.5, 0.6) is 5.75 Å². The first kappa shape index (κ1) is 12.9. The third-order valence-corrected chi connectivity index (χ3v) is 3.01. The van der Waals surface area contributed by atoms with Crippen molar-refractivity contribution in [2.45, 2.75) is 6.04 Å². The van der Waals surface area contributed by atoms with Crippen LogP contribution in [0, 0.1) is 0 Å². The molecule has 1 atom stereocenters. The number of hydrogen-bond acceptors (Lipinski definition) is 5. The molecule has 1 aliphatic heterocycles. The molecular formula is C12H12BrNO4. The highest BCUT2D eigenvalue weighted by atomic mass is 79.9. The standard InChI is InChI=1S/C12H12BrNO4/c1-16-10-4-3-7(13)5-8(10)11-14-9(6-18-11)12(15)17-2/h3-5,9H,6H2,1-2H3/t9-/m1/s1. The lowest BCUT2D eigenvalue weighted by molar-refractivity contribution is -0.142. The highest BCUT2D eigenvalue weighted by Gasteiger charge is 2.28. The maximum absolute atomic E-state index is 11.4. The maximum atomic E-state index is 11.4. The quantitative estimate of drug-likeness (QED) is 0.798. The van der Waals surface area contributed by atoms with Gasteiger partial charge in [0.2, 0.25) is 5.90 Å². The molecule has 96 valence electrons. The molecule has 6 heteroatoms. The zero-order valence-corrected chi connectivity index (χ0v) is 11.6. The van der Waals surface area contributed by atoms with Crippen LogP contribution < -0.4 is 4.74 Å². The average molecular weight is 314 g/mol. The van der Waals surface area contributed by atoms with E-state index in [9.17, 15) is 4.79 Å². The van der Waals surface area contributed by atoms with Crippen LogP contribution >= 0.6 is 15.9 Å². The molecule has 0 saturated carbocycles. The minimum Gasteiger partial charge on any atom is -0.496 e. The van der Waals surface area contributed by atoms with Crippen molar-refractivity contribution in [3.63, 3.8) is 0 Å². The fourth-order valence-corrected chi connectivity index (χ4v) is 1.99. The van der Waals surface area contributed by atoms with Crippen molar-refractivity contribution < 1.29 is 19.0 Å². The van der Waals surface area contributed by atoms with Crippen molar-refractivity contribution in [3.05, 3.63) is 28.2 Å². The molecule has 0 aliphatic carbocycles. The molecule has 1 aliphatic rings. The van der Waals surface area contributed by atoms with E-state index < -0.39 is 12.0 Å². The number of hydrogen-bond donors (Lipinski definition) is 0. The Labute approximate surface area is 113 Å². The predicted octanol–water partition coefficient (Wildman–Crippen LogP) is 1.78. The smallest absolute Gasteiger partial charge is 0.334 e. The van der Waals surface area contributed by atoms with E-state index in [1.807, 2.05) is 12.1 Å². The normalized spacial score (nSPS) is 17.9. The molecule has 5 nitrogen and oxygen atoms in total. The molecule has 1 aromatic rings. The number of methoxy groups -OCH3 is 2. The number of aliphatic imine (C=N–C) groups is 1. The molecule has 1 aromatic carbocycles. The summed E-state index contributed by atoms with van der Waals surface area (Å²) < 4.78 is 16.2. The fourth-order valence-electron chi connectivity index (χ4n) is 1.63. The lowest BCUT2D eigenvalue weighted by atomic mass is 10.2. The molecule has 0 spiro atoms.